The van der Waals surface area contributed by atoms with E-state index >= 15 is 0 Å². The van der Waals surface area contributed by atoms with Crippen molar-refractivity contribution in [2.75, 3.05) is 5.32 Å². The number of amides is 2. The standard InChI is InChI=1S/C12H14N6O4/c1-3-18-9(10(13)19)7(4-14-18)15-11(20)6-5-17(2)16-8(6)12(21)22/h4-5H,3H2,1-2H3,(H2,13,19)(H,15,20)(H,21,22). The monoisotopic (exact) mass is 306 g/mol. The van der Waals surface area contributed by atoms with E-state index in [0.29, 0.717) is 6.54 Å². The van der Waals surface area contributed by atoms with Gasteiger partial charge in [-0.1, -0.05) is 0 Å². The summed E-state index contributed by atoms with van der Waals surface area (Å²) in [5.41, 5.74) is 4.90. The molecule has 10 heteroatoms. The van der Waals surface area contributed by atoms with E-state index in [1.165, 1.54) is 28.8 Å². The van der Waals surface area contributed by atoms with Crippen LogP contribution in [-0.4, -0.2) is 42.5 Å². The zero-order valence-corrected chi connectivity index (χ0v) is 11.9. The lowest BCUT2D eigenvalue weighted by atomic mass is 10.2. The molecular weight excluding hydrogens is 292 g/mol. The first-order valence-corrected chi connectivity index (χ1v) is 6.29. The number of nitrogens with two attached hydrogens (primary N) is 1. The number of nitrogens with zero attached hydrogens (tertiary/aromatic N) is 4. The minimum Gasteiger partial charge on any atom is -0.476 e. The van der Waals surface area contributed by atoms with Gasteiger partial charge < -0.3 is 16.2 Å². The Kier molecular flexibility index (Phi) is 3.93. The zero-order valence-electron chi connectivity index (χ0n) is 11.9. The largest absolute Gasteiger partial charge is 0.476 e. The van der Waals surface area contributed by atoms with E-state index in [1.807, 2.05) is 0 Å². The molecule has 22 heavy (non-hydrogen) atoms. The van der Waals surface area contributed by atoms with Crippen molar-refractivity contribution in [1.82, 2.24) is 19.6 Å². The maximum absolute atomic E-state index is 12.2. The SMILES string of the molecule is CCn1ncc(NC(=O)c2cn(C)nc2C(=O)O)c1C(N)=O. The Hall–Kier alpha value is -3.17. The Morgan fingerprint density at radius 3 is 2.64 bits per heavy atom. The third kappa shape index (κ3) is 2.66. The van der Waals surface area contributed by atoms with E-state index in [-0.39, 0.29) is 22.6 Å². The number of aromatic carboxylic acids is 1. The lowest BCUT2D eigenvalue weighted by Crippen LogP contribution is -2.21. The minimum atomic E-state index is -1.33. The van der Waals surface area contributed by atoms with Crippen molar-refractivity contribution in [3.05, 3.63) is 29.3 Å². The van der Waals surface area contributed by atoms with Gasteiger partial charge in [0.2, 0.25) is 0 Å². The molecule has 0 saturated carbocycles. The molecule has 0 atom stereocenters. The van der Waals surface area contributed by atoms with Crippen molar-refractivity contribution in [1.29, 1.82) is 0 Å². The van der Waals surface area contributed by atoms with Crippen LogP contribution in [0.1, 0.15) is 38.3 Å². The van der Waals surface area contributed by atoms with Gasteiger partial charge in [-0.15, -0.1) is 0 Å². The lowest BCUT2D eigenvalue weighted by Gasteiger charge is -2.05. The van der Waals surface area contributed by atoms with E-state index in [0.717, 1.165) is 0 Å². The van der Waals surface area contributed by atoms with Crippen LogP contribution in [0.15, 0.2) is 12.4 Å². The number of carbonyl (C=O) groups excluding carboxylic acids is 2. The van der Waals surface area contributed by atoms with Crippen LogP contribution in [0.2, 0.25) is 0 Å². The summed E-state index contributed by atoms with van der Waals surface area (Å²) in [5.74, 6) is -2.80. The second-order valence-electron chi connectivity index (χ2n) is 4.41. The van der Waals surface area contributed by atoms with Gasteiger partial charge in [0.15, 0.2) is 5.69 Å². The third-order valence-electron chi connectivity index (χ3n) is 2.90. The lowest BCUT2D eigenvalue weighted by molar-refractivity contribution is 0.0685. The molecule has 0 bridgehead atoms. The van der Waals surface area contributed by atoms with Crippen LogP contribution in [0.4, 0.5) is 5.69 Å². The predicted molar refractivity (Wildman–Crippen MR) is 74.5 cm³/mol. The van der Waals surface area contributed by atoms with Crippen molar-refractivity contribution < 1.29 is 19.5 Å². The van der Waals surface area contributed by atoms with Gasteiger partial charge in [-0.2, -0.15) is 10.2 Å². The molecule has 0 unspecified atom stereocenters. The van der Waals surface area contributed by atoms with Gasteiger partial charge in [-0.25, -0.2) is 4.79 Å². The Morgan fingerprint density at radius 1 is 1.41 bits per heavy atom. The molecule has 0 aliphatic heterocycles. The van der Waals surface area contributed by atoms with E-state index in [9.17, 15) is 14.4 Å². The Labute approximate surface area is 124 Å². The average molecular weight is 306 g/mol. The minimum absolute atomic E-state index is 0.0385. The summed E-state index contributed by atoms with van der Waals surface area (Å²) in [6.45, 7) is 2.15. The van der Waals surface area contributed by atoms with Crippen molar-refractivity contribution in [2.45, 2.75) is 13.5 Å². The van der Waals surface area contributed by atoms with E-state index in [2.05, 4.69) is 15.5 Å². The highest BCUT2D eigenvalue weighted by atomic mass is 16.4. The Balaban J connectivity index is 2.36. The van der Waals surface area contributed by atoms with Crippen LogP contribution in [0, 0.1) is 0 Å². The van der Waals surface area contributed by atoms with Gasteiger partial charge in [0.25, 0.3) is 11.8 Å². The van der Waals surface area contributed by atoms with Crippen LogP contribution < -0.4 is 11.1 Å². The van der Waals surface area contributed by atoms with Crippen LogP contribution in [0.25, 0.3) is 0 Å². The molecule has 0 radical (unpaired) electrons. The fourth-order valence-electron chi connectivity index (χ4n) is 1.98. The number of hydrogen-bond acceptors (Lipinski definition) is 5. The molecule has 2 amide bonds. The van der Waals surface area contributed by atoms with Gasteiger partial charge in [0, 0.05) is 19.8 Å². The summed E-state index contributed by atoms with van der Waals surface area (Å²) >= 11 is 0. The van der Waals surface area contributed by atoms with Crippen molar-refractivity contribution in [3.63, 3.8) is 0 Å². The molecule has 116 valence electrons. The summed E-state index contributed by atoms with van der Waals surface area (Å²) < 4.78 is 2.54. The number of rotatable bonds is 5. The number of carboxylic acids is 1. The molecule has 10 nitrogen and oxygen atoms in total. The second kappa shape index (κ2) is 5.68. The van der Waals surface area contributed by atoms with Crippen LogP contribution in [0.3, 0.4) is 0 Å². The number of aromatic nitrogens is 4. The van der Waals surface area contributed by atoms with Crippen molar-refractivity contribution in [2.24, 2.45) is 12.8 Å². The van der Waals surface area contributed by atoms with Crippen LogP contribution >= 0.6 is 0 Å². The summed E-state index contributed by atoms with van der Waals surface area (Å²) in [6.07, 6.45) is 2.55. The number of hydrogen-bond donors (Lipinski definition) is 3. The third-order valence-corrected chi connectivity index (χ3v) is 2.90. The molecule has 0 spiro atoms. The number of nitrogens with one attached hydrogen (secondary N) is 1. The molecule has 0 saturated heterocycles. The van der Waals surface area contributed by atoms with Gasteiger partial charge >= 0.3 is 5.97 Å². The second-order valence-corrected chi connectivity index (χ2v) is 4.41. The first-order valence-electron chi connectivity index (χ1n) is 6.29. The van der Waals surface area contributed by atoms with Crippen molar-refractivity contribution in [3.8, 4) is 0 Å². The average Bonchev–Trinajstić information content (AvgIpc) is 3.02. The predicted octanol–water partition coefficient (Wildman–Crippen LogP) is -0.314. The highest BCUT2D eigenvalue weighted by Crippen LogP contribution is 2.17. The van der Waals surface area contributed by atoms with E-state index < -0.39 is 17.8 Å². The normalized spacial score (nSPS) is 10.5. The number of carboxylic acid groups (broad SMARTS) is 1. The zero-order chi connectivity index (χ0) is 16.4. The number of aryl methyl sites for hydroxylation is 2. The summed E-state index contributed by atoms with van der Waals surface area (Å²) in [5, 5.41) is 19.1. The summed E-state index contributed by atoms with van der Waals surface area (Å²) in [4.78, 5) is 34.7. The fraction of sp³-hybridized carbons (Fsp3) is 0.250. The molecule has 4 N–H and O–H groups in total. The van der Waals surface area contributed by atoms with Gasteiger partial charge in [0.1, 0.15) is 5.69 Å². The molecule has 0 aliphatic carbocycles. The van der Waals surface area contributed by atoms with Gasteiger partial charge in [0.05, 0.1) is 17.4 Å². The molecule has 2 aromatic rings. The number of carbonyl (C=O) groups is 3. The molecule has 2 heterocycles. The van der Waals surface area contributed by atoms with E-state index in [4.69, 9.17) is 10.8 Å². The first kappa shape index (κ1) is 15.2. The topological polar surface area (TPSA) is 145 Å². The fourth-order valence-corrected chi connectivity index (χ4v) is 1.98. The molecule has 0 fully saturated rings. The number of primary amides is 1. The smallest absolute Gasteiger partial charge is 0.357 e. The van der Waals surface area contributed by atoms with E-state index in [1.54, 1.807) is 6.92 Å². The quantitative estimate of drug-likeness (QED) is 0.690. The Bertz CT molecular complexity index is 760. The molecule has 2 aromatic heterocycles. The maximum atomic E-state index is 12.2. The molecular formula is C12H14N6O4. The first-order chi connectivity index (χ1) is 10.3. The molecule has 0 aliphatic rings. The van der Waals surface area contributed by atoms with Crippen LogP contribution in [0.5, 0.6) is 0 Å². The number of anilines is 1. The van der Waals surface area contributed by atoms with Gasteiger partial charge in [-0.3, -0.25) is 19.0 Å². The van der Waals surface area contributed by atoms with Gasteiger partial charge in [-0.05, 0) is 6.92 Å². The molecule has 0 aromatic carbocycles. The Morgan fingerprint density at radius 2 is 2.09 bits per heavy atom. The maximum Gasteiger partial charge on any atom is 0.357 e. The summed E-state index contributed by atoms with van der Waals surface area (Å²) in [6, 6.07) is 0. The summed E-state index contributed by atoms with van der Waals surface area (Å²) in [7, 11) is 1.49. The highest BCUT2D eigenvalue weighted by Gasteiger charge is 2.23. The highest BCUT2D eigenvalue weighted by molar-refractivity contribution is 6.11. The van der Waals surface area contributed by atoms with Crippen molar-refractivity contribution >= 4 is 23.5 Å². The van der Waals surface area contributed by atoms with Crippen LogP contribution in [-0.2, 0) is 13.6 Å². The molecule has 2 rings (SSSR count).